The number of benzene rings is 2. The van der Waals surface area contributed by atoms with Crippen molar-refractivity contribution >= 4 is 41.1 Å². The highest BCUT2D eigenvalue weighted by atomic mass is 35.5. The van der Waals surface area contributed by atoms with E-state index in [0.717, 1.165) is 5.56 Å². The molecular weight excluding hydrogens is 449 g/mol. The summed E-state index contributed by atoms with van der Waals surface area (Å²) in [7, 11) is 0. The van der Waals surface area contributed by atoms with Crippen LogP contribution in [0.5, 0.6) is 0 Å². The molecule has 0 saturated carbocycles. The highest BCUT2D eigenvalue weighted by Gasteiger charge is 2.38. The minimum absolute atomic E-state index is 0.0163. The lowest BCUT2D eigenvalue weighted by molar-refractivity contribution is -0.125. The van der Waals surface area contributed by atoms with Crippen LogP contribution in [0.15, 0.2) is 54.6 Å². The van der Waals surface area contributed by atoms with Gasteiger partial charge in [-0.05, 0) is 48.0 Å². The molecule has 0 aliphatic carbocycles. The van der Waals surface area contributed by atoms with Crippen LogP contribution in [0.4, 0.5) is 0 Å². The van der Waals surface area contributed by atoms with Crippen molar-refractivity contribution in [3.05, 3.63) is 75.8 Å². The van der Waals surface area contributed by atoms with Gasteiger partial charge in [-0.15, -0.1) is 0 Å². The Morgan fingerprint density at radius 3 is 2.06 bits per heavy atom. The lowest BCUT2D eigenvalue weighted by atomic mass is 10.1. The largest absolute Gasteiger partial charge is 0.390 e. The maximum Gasteiger partial charge on any atom is 0.253 e. The fourth-order valence-corrected chi connectivity index (χ4v) is 4.44. The van der Waals surface area contributed by atoms with Gasteiger partial charge in [0.1, 0.15) is 0 Å². The number of nitrogens with zero attached hydrogens (tertiary/aromatic N) is 3. The van der Waals surface area contributed by atoms with Gasteiger partial charge in [0, 0.05) is 61.0 Å². The van der Waals surface area contributed by atoms with Crippen molar-refractivity contribution in [1.82, 2.24) is 14.7 Å². The first-order valence-electron chi connectivity index (χ1n) is 10.6. The van der Waals surface area contributed by atoms with Crippen molar-refractivity contribution in [3.63, 3.8) is 0 Å². The zero-order valence-electron chi connectivity index (χ0n) is 17.5. The molecule has 168 valence electrons. The van der Waals surface area contributed by atoms with Crippen LogP contribution in [0.1, 0.15) is 15.9 Å². The molecule has 2 aliphatic heterocycles. The maximum absolute atomic E-state index is 12.7. The van der Waals surface area contributed by atoms with Gasteiger partial charge >= 0.3 is 0 Å². The van der Waals surface area contributed by atoms with Crippen molar-refractivity contribution in [2.24, 2.45) is 0 Å². The Hall–Kier alpha value is -2.38. The van der Waals surface area contributed by atoms with Crippen LogP contribution >= 0.6 is 23.2 Å². The van der Waals surface area contributed by atoms with Gasteiger partial charge in [-0.2, -0.15) is 0 Å². The van der Waals surface area contributed by atoms with Crippen molar-refractivity contribution in [2.75, 3.05) is 39.3 Å². The summed E-state index contributed by atoms with van der Waals surface area (Å²) in [6, 6.07) is 14.0. The average Bonchev–Trinajstić information content (AvgIpc) is 3.20. The first-order valence-corrected chi connectivity index (χ1v) is 11.4. The SMILES string of the molecule is O=C(C=Cc1ccc(Cl)cc1)N1C[C@@H](O)[C@H](N2CCN(C(=O)c3ccc(Cl)cc3)CC2)C1. The molecule has 2 atom stereocenters. The number of carbonyl (C=O) groups is 2. The number of aliphatic hydroxyl groups is 1. The van der Waals surface area contributed by atoms with Gasteiger partial charge < -0.3 is 14.9 Å². The molecule has 2 amide bonds. The predicted molar refractivity (Wildman–Crippen MR) is 126 cm³/mol. The number of hydrogen-bond acceptors (Lipinski definition) is 4. The fraction of sp³-hybridized carbons (Fsp3) is 0.333. The van der Waals surface area contributed by atoms with Gasteiger partial charge in [-0.3, -0.25) is 14.5 Å². The summed E-state index contributed by atoms with van der Waals surface area (Å²) < 4.78 is 0. The monoisotopic (exact) mass is 473 g/mol. The van der Waals surface area contributed by atoms with E-state index in [1.54, 1.807) is 47.4 Å². The van der Waals surface area contributed by atoms with Gasteiger partial charge in [0.15, 0.2) is 0 Å². The Morgan fingerprint density at radius 1 is 0.844 bits per heavy atom. The Balaban J connectivity index is 1.30. The molecule has 8 heteroatoms. The van der Waals surface area contributed by atoms with Gasteiger partial charge in [-0.1, -0.05) is 35.3 Å². The molecule has 0 bridgehead atoms. The molecule has 4 rings (SSSR count). The summed E-state index contributed by atoms with van der Waals surface area (Å²) in [5, 5.41) is 11.8. The lowest BCUT2D eigenvalue weighted by Crippen LogP contribution is -2.54. The van der Waals surface area contributed by atoms with Gasteiger partial charge in [0.25, 0.3) is 5.91 Å². The molecule has 32 heavy (non-hydrogen) atoms. The molecule has 2 aromatic rings. The molecule has 0 unspecified atom stereocenters. The number of β-amino-alcohol motifs (C(OH)–C–C–N with tert-alkyl or cyclic N) is 1. The number of halogens is 2. The minimum Gasteiger partial charge on any atom is -0.390 e. The standard InChI is InChI=1S/C24H25Cl2N3O3/c25-19-6-1-17(2-7-19)3-10-23(31)29-15-21(22(30)16-29)27-11-13-28(14-12-27)24(32)18-4-8-20(26)9-5-18/h1-10,21-22,30H,11-16H2/t21-,22-/m1/s1. The minimum atomic E-state index is -0.610. The second kappa shape index (κ2) is 10.0. The molecule has 2 heterocycles. The number of piperazine rings is 1. The summed E-state index contributed by atoms with van der Waals surface area (Å²) in [6.45, 7) is 3.24. The molecule has 0 aromatic heterocycles. The summed E-state index contributed by atoms with van der Waals surface area (Å²) in [5.74, 6) is -0.143. The zero-order valence-corrected chi connectivity index (χ0v) is 19.0. The quantitative estimate of drug-likeness (QED) is 0.693. The highest BCUT2D eigenvalue weighted by molar-refractivity contribution is 6.30. The number of likely N-dealkylation sites (tertiary alicyclic amines) is 1. The fourth-order valence-electron chi connectivity index (χ4n) is 4.19. The van der Waals surface area contributed by atoms with Crippen LogP contribution in [-0.2, 0) is 4.79 Å². The third kappa shape index (κ3) is 5.33. The molecule has 2 aromatic carbocycles. The smallest absolute Gasteiger partial charge is 0.253 e. The van der Waals surface area contributed by atoms with E-state index in [0.29, 0.717) is 54.9 Å². The van der Waals surface area contributed by atoms with Crippen LogP contribution in [0.2, 0.25) is 10.0 Å². The number of carbonyl (C=O) groups excluding carboxylic acids is 2. The second-order valence-corrected chi connectivity index (χ2v) is 8.97. The van der Waals surface area contributed by atoms with Gasteiger partial charge in [0.2, 0.25) is 5.91 Å². The van der Waals surface area contributed by atoms with E-state index in [-0.39, 0.29) is 17.9 Å². The molecule has 0 spiro atoms. The Bertz CT molecular complexity index is 987. The predicted octanol–water partition coefficient (Wildman–Crippen LogP) is 3.04. The van der Waals surface area contributed by atoms with E-state index in [4.69, 9.17) is 23.2 Å². The molecule has 0 radical (unpaired) electrons. The van der Waals surface area contributed by atoms with Crippen LogP contribution in [0.3, 0.4) is 0 Å². The number of rotatable bonds is 4. The Kier molecular flexibility index (Phi) is 7.16. The molecule has 1 N–H and O–H groups in total. The third-order valence-corrected chi connectivity index (χ3v) is 6.52. The van der Waals surface area contributed by atoms with E-state index in [1.165, 1.54) is 6.08 Å². The topological polar surface area (TPSA) is 64.1 Å². The number of hydrogen-bond donors (Lipinski definition) is 1. The van der Waals surface area contributed by atoms with Crippen molar-refractivity contribution < 1.29 is 14.7 Å². The summed E-state index contributed by atoms with van der Waals surface area (Å²) in [4.78, 5) is 31.0. The van der Waals surface area contributed by atoms with E-state index in [9.17, 15) is 14.7 Å². The van der Waals surface area contributed by atoms with Gasteiger partial charge in [0.05, 0.1) is 12.1 Å². The van der Waals surface area contributed by atoms with E-state index in [1.807, 2.05) is 17.0 Å². The lowest BCUT2D eigenvalue weighted by Gasteiger charge is -2.38. The molecule has 6 nitrogen and oxygen atoms in total. The summed E-state index contributed by atoms with van der Waals surface area (Å²) in [6.07, 6.45) is 2.67. The number of amides is 2. The molecule has 2 fully saturated rings. The zero-order chi connectivity index (χ0) is 22.7. The summed E-state index contributed by atoms with van der Waals surface area (Å²) >= 11 is 11.8. The van der Waals surface area contributed by atoms with E-state index < -0.39 is 6.10 Å². The summed E-state index contributed by atoms with van der Waals surface area (Å²) in [5.41, 5.74) is 1.51. The van der Waals surface area contributed by atoms with E-state index >= 15 is 0 Å². The normalized spacial score (nSPS) is 22.0. The highest BCUT2D eigenvalue weighted by Crippen LogP contribution is 2.20. The van der Waals surface area contributed by atoms with Crippen molar-refractivity contribution in [2.45, 2.75) is 12.1 Å². The first kappa shape index (κ1) is 22.8. The van der Waals surface area contributed by atoms with Crippen LogP contribution < -0.4 is 0 Å². The van der Waals surface area contributed by atoms with Gasteiger partial charge in [-0.25, -0.2) is 0 Å². The van der Waals surface area contributed by atoms with Crippen LogP contribution in [0.25, 0.3) is 6.08 Å². The molecule has 2 aliphatic rings. The third-order valence-electron chi connectivity index (χ3n) is 6.02. The van der Waals surface area contributed by atoms with Crippen LogP contribution in [0, 0.1) is 0 Å². The van der Waals surface area contributed by atoms with Crippen molar-refractivity contribution in [1.29, 1.82) is 0 Å². The Morgan fingerprint density at radius 2 is 1.44 bits per heavy atom. The molecule has 2 saturated heterocycles. The Labute approximate surface area is 197 Å². The number of aliphatic hydroxyl groups excluding tert-OH is 1. The van der Waals surface area contributed by atoms with Crippen LogP contribution in [-0.4, -0.2) is 83.0 Å². The van der Waals surface area contributed by atoms with Crippen molar-refractivity contribution in [3.8, 4) is 0 Å². The maximum atomic E-state index is 12.7. The first-order chi connectivity index (χ1) is 15.4. The second-order valence-electron chi connectivity index (χ2n) is 8.10. The molecular formula is C24H25Cl2N3O3. The van der Waals surface area contributed by atoms with E-state index in [2.05, 4.69) is 4.90 Å². The average molecular weight is 474 g/mol.